The third-order valence-corrected chi connectivity index (χ3v) is 3.57. The number of halogens is 1. The molecule has 1 aromatic heterocycles. The molecule has 2 aromatic rings. The van der Waals surface area contributed by atoms with Gasteiger partial charge in [-0.15, -0.1) is 0 Å². The normalized spacial score (nSPS) is 13.2. The number of carbonyl (C=O) groups excluding carboxylic acids is 2. The van der Waals surface area contributed by atoms with Gasteiger partial charge >= 0.3 is 0 Å². The van der Waals surface area contributed by atoms with Gasteiger partial charge in [-0.1, -0.05) is 23.7 Å². The second-order valence-corrected chi connectivity index (χ2v) is 5.34. The molecule has 2 atom stereocenters. The van der Waals surface area contributed by atoms with Crippen LogP contribution in [0.1, 0.15) is 29.1 Å². The molecule has 0 bridgehead atoms. The van der Waals surface area contributed by atoms with Crippen molar-refractivity contribution in [3.8, 4) is 0 Å². The lowest BCUT2D eigenvalue weighted by Gasteiger charge is -2.18. The van der Waals surface area contributed by atoms with Crippen molar-refractivity contribution in [1.82, 2.24) is 10.6 Å². The molecule has 2 amide bonds. The van der Waals surface area contributed by atoms with Crippen LogP contribution in [0.3, 0.4) is 0 Å². The van der Waals surface area contributed by atoms with Gasteiger partial charge in [0.25, 0.3) is 5.91 Å². The summed E-state index contributed by atoms with van der Waals surface area (Å²) < 4.78 is 5.15. The number of aliphatic hydroxyl groups excluding tert-OH is 1. The van der Waals surface area contributed by atoms with Crippen molar-refractivity contribution in [3.63, 3.8) is 0 Å². The molecule has 2 rings (SSSR count). The van der Waals surface area contributed by atoms with Gasteiger partial charge in [-0.3, -0.25) is 9.59 Å². The number of nitrogens with one attached hydrogen (secondary N) is 2. The minimum atomic E-state index is -0.803. The number of furan rings is 1. The minimum Gasteiger partial charge on any atom is -0.467 e. The Morgan fingerprint density at radius 2 is 1.96 bits per heavy atom. The summed E-state index contributed by atoms with van der Waals surface area (Å²) in [5.74, 6) is -0.455. The van der Waals surface area contributed by atoms with Gasteiger partial charge in [0.2, 0.25) is 5.91 Å². The maximum atomic E-state index is 12.1. The predicted octanol–water partition coefficient (Wildman–Crippen LogP) is 1.90. The molecule has 7 heteroatoms. The lowest BCUT2D eigenvalue weighted by Crippen LogP contribution is -2.46. The van der Waals surface area contributed by atoms with Crippen molar-refractivity contribution < 1.29 is 19.1 Å². The van der Waals surface area contributed by atoms with Gasteiger partial charge in [-0.2, -0.15) is 0 Å². The summed E-state index contributed by atoms with van der Waals surface area (Å²) in [4.78, 5) is 24.3. The number of benzene rings is 1. The minimum absolute atomic E-state index is 0.290. The quantitative estimate of drug-likeness (QED) is 0.751. The van der Waals surface area contributed by atoms with E-state index in [0.29, 0.717) is 16.3 Å². The van der Waals surface area contributed by atoms with E-state index in [4.69, 9.17) is 16.0 Å². The summed E-state index contributed by atoms with van der Waals surface area (Å²) in [6.45, 7) is 1.23. The van der Waals surface area contributed by atoms with E-state index in [0.717, 1.165) is 0 Å². The molecule has 1 aromatic carbocycles. The second kappa shape index (κ2) is 7.80. The number of hydrogen-bond donors (Lipinski definition) is 3. The van der Waals surface area contributed by atoms with E-state index in [9.17, 15) is 14.7 Å². The molecule has 0 aliphatic carbocycles. The van der Waals surface area contributed by atoms with Crippen LogP contribution in [0.4, 0.5) is 0 Å². The first-order valence-electron chi connectivity index (χ1n) is 7.03. The lowest BCUT2D eigenvalue weighted by molar-refractivity contribution is -0.123. The number of aliphatic hydroxyl groups is 1. The fraction of sp³-hybridized carbons (Fsp3) is 0.250. The molecule has 0 saturated carbocycles. The molecule has 2 unspecified atom stereocenters. The van der Waals surface area contributed by atoms with E-state index >= 15 is 0 Å². The highest BCUT2D eigenvalue weighted by atomic mass is 35.5. The van der Waals surface area contributed by atoms with Crippen LogP contribution in [0.25, 0.3) is 0 Å². The Labute approximate surface area is 138 Å². The molecule has 3 N–H and O–H groups in total. The highest BCUT2D eigenvalue weighted by Crippen LogP contribution is 2.15. The lowest BCUT2D eigenvalue weighted by atomic mass is 10.2. The Balaban J connectivity index is 1.97. The van der Waals surface area contributed by atoms with Crippen LogP contribution in [0.5, 0.6) is 0 Å². The first-order chi connectivity index (χ1) is 11.0. The van der Waals surface area contributed by atoms with E-state index in [2.05, 4.69) is 10.6 Å². The largest absolute Gasteiger partial charge is 0.467 e. The number of carbonyl (C=O) groups is 2. The van der Waals surface area contributed by atoms with Gasteiger partial charge in [0.05, 0.1) is 23.5 Å². The molecule has 1 heterocycles. The highest BCUT2D eigenvalue weighted by molar-refractivity contribution is 6.33. The predicted molar refractivity (Wildman–Crippen MR) is 85.1 cm³/mol. The smallest absolute Gasteiger partial charge is 0.253 e. The van der Waals surface area contributed by atoms with Gasteiger partial charge in [-0.05, 0) is 31.2 Å². The van der Waals surface area contributed by atoms with E-state index in [-0.39, 0.29) is 6.61 Å². The van der Waals surface area contributed by atoms with Gasteiger partial charge in [-0.25, -0.2) is 0 Å². The molecular formula is C16H17ClN2O4. The van der Waals surface area contributed by atoms with E-state index in [1.807, 2.05) is 0 Å². The van der Waals surface area contributed by atoms with Crippen molar-refractivity contribution in [1.29, 1.82) is 0 Å². The molecule has 0 fully saturated rings. The Hall–Kier alpha value is -2.31. The number of rotatable bonds is 6. The summed E-state index contributed by atoms with van der Waals surface area (Å²) in [6.07, 6.45) is 1.45. The maximum Gasteiger partial charge on any atom is 0.253 e. The standard InChI is InChI=1S/C16H17ClN2O4/c1-10(18-16(22)11-5-2-3-6-12(11)17)15(21)19-13(9-20)14-7-4-8-23-14/h2-8,10,13,20H,9H2,1H3,(H,18,22)(H,19,21). The zero-order valence-electron chi connectivity index (χ0n) is 12.5. The SMILES string of the molecule is CC(NC(=O)c1ccccc1Cl)C(=O)NC(CO)c1ccco1. The van der Waals surface area contributed by atoms with Gasteiger partial charge < -0.3 is 20.2 Å². The average molecular weight is 337 g/mol. The van der Waals surface area contributed by atoms with E-state index < -0.39 is 23.9 Å². The summed E-state index contributed by atoms with van der Waals surface area (Å²) in [6, 6.07) is 8.40. The number of hydrogen-bond acceptors (Lipinski definition) is 4. The van der Waals surface area contributed by atoms with Crippen molar-refractivity contribution in [2.45, 2.75) is 19.0 Å². The monoisotopic (exact) mass is 336 g/mol. The molecular weight excluding hydrogens is 320 g/mol. The highest BCUT2D eigenvalue weighted by Gasteiger charge is 2.22. The van der Waals surface area contributed by atoms with Crippen LogP contribution < -0.4 is 10.6 Å². The molecule has 0 radical (unpaired) electrons. The van der Waals surface area contributed by atoms with Crippen molar-refractivity contribution in [2.24, 2.45) is 0 Å². The Morgan fingerprint density at radius 3 is 2.57 bits per heavy atom. The third-order valence-electron chi connectivity index (χ3n) is 3.25. The van der Waals surface area contributed by atoms with Gasteiger partial charge in [0, 0.05) is 0 Å². The Morgan fingerprint density at radius 1 is 1.22 bits per heavy atom. The van der Waals surface area contributed by atoms with Crippen molar-refractivity contribution in [3.05, 3.63) is 59.0 Å². The fourth-order valence-corrected chi connectivity index (χ4v) is 2.20. The third kappa shape index (κ3) is 4.34. The zero-order chi connectivity index (χ0) is 16.8. The number of amides is 2. The zero-order valence-corrected chi connectivity index (χ0v) is 13.2. The molecule has 0 aliphatic rings. The summed E-state index contributed by atoms with van der Waals surface area (Å²) in [7, 11) is 0. The molecule has 6 nitrogen and oxygen atoms in total. The second-order valence-electron chi connectivity index (χ2n) is 4.93. The van der Waals surface area contributed by atoms with Crippen LogP contribution in [-0.2, 0) is 4.79 Å². The van der Waals surface area contributed by atoms with E-state index in [1.54, 1.807) is 43.3 Å². The molecule has 0 saturated heterocycles. The van der Waals surface area contributed by atoms with Gasteiger partial charge in [0.1, 0.15) is 17.8 Å². The van der Waals surface area contributed by atoms with Crippen LogP contribution in [0.2, 0.25) is 5.02 Å². The summed E-state index contributed by atoms with van der Waals surface area (Å²) >= 11 is 5.95. The summed E-state index contributed by atoms with van der Waals surface area (Å²) in [5, 5.41) is 14.8. The molecule has 23 heavy (non-hydrogen) atoms. The van der Waals surface area contributed by atoms with Crippen LogP contribution >= 0.6 is 11.6 Å². The van der Waals surface area contributed by atoms with E-state index in [1.165, 1.54) is 6.26 Å². The van der Waals surface area contributed by atoms with Crippen LogP contribution in [0, 0.1) is 0 Å². The topological polar surface area (TPSA) is 91.6 Å². The van der Waals surface area contributed by atoms with Gasteiger partial charge in [0.15, 0.2) is 0 Å². The van der Waals surface area contributed by atoms with Crippen molar-refractivity contribution in [2.75, 3.05) is 6.61 Å². The molecule has 0 aliphatic heterocycles. The summed E-state index contributed by atoms with van der Waals surface area (Å²) in [5.41, 5.74) is 0.290. The first kappa shape index (κ1) is 17.1. The van der Waals surface area contributed by atoms with Crippen LogP contribution in [-0.4, -0.2) is 29.6 Å². The van der Waals surface area contributed by atoms with Crippen LogP contribution in [0.15, 0.2) is 47.1 Å². The van der Waals surface area contributed by atoms with Crippen molar-refractivity contribution >= 4 is 23.4 Å². The first-order valence-corrected chi connectivity index (χ1v) is 7.40. The molecule has 0 spiro atoms. The maximum absolute atomic E-state index is 12.1. The Bertz CT molecular complexity index is 672. The fourth-order valence-electron chi connectivity index (χ4n) is 1.98. The Kier molecular flexibility index (Phi) is 5.78. The molecule has 122 valence electrons. The average Bonchev–Trinajstić information content (AvgIpc) is 3.06.